The standard InChI is InChI=1S/C36H33ClN4O8/c1-20(42)25-13-11-23(37)18-26(25)27-19-31(43)41(39-33(27)48-5)29(15-21-9-7-6-8-10-21)32(44)38-24-12-14-28-22(16-24)17-30(34(45)46)40(28)35(47)49-36(2,3)4/h6-14,16-19,29H,15H2,1-5H3,(H,38,44)(H,45,46). The first-order valence-corrected chi connectivity index (χ1v) is 15.5. The van der Waals surface area contributed by atoms with Gasteiger partial charge in [-0.3, -0.25) is 14.4 Å². The molecular formula is C36H33ClN4O8. The van der Waals surface area contributed by atoms with Crippen molar-refractivity contribution in [3.63, 3.8) is 0 Å². The Balaban J connectivity index is 1.56. The first-order valence-electron chi connectivity index (χ1n) is 15.1. The summed E-state index contributed by atoms with van der Waals surface area (Å²) in [4.78, 5) is 65.1. The quantitative estimate of drug-likeness (QED) is 0.162. The highest BCUT2D eigenvalue weighted by molar-refractivity contribution is 6.31. The largest absolute Gasteiger partial charge is 0.480 e. The molecule has 252 valence electrons. The topological polar surface area (TPSA) is 159 Å². The van der Waals surface area contributed by atoms with E-state index in [0.717, 1.165) is 14.8 Å². The van der Waals surface area contributed by atoms with Crippen molar-refractivity contribution < 1.29 is 33.8 Å². The van der Waals surface area contributed by atoms with Crippen LogP contribution in [0.1, 0.15) is 60.1 Å². The third-order valence-electron chi connectivity index (χ3n) is 7.50. The minimum atomic E-state index is -1.34. The van der Waals surface area contributed by atoms with Gasteiger partial charge in [-0.1, -0.05) is 41.9 Å². The van der Waals surface area contributed by atoms with Crippen LogP contribution in [-0.4, -0.2) is 55.9 Å². The Morgan fingerprint density at radius 2 is 1.67 bits per heavy atom. The van der Waals surface area contributed by atoms with Gasteiger partial charge in [0.15, 0.2) is 5.78 Å². The third kappa shape index (κ3) is 7.54. The van der Waals surface area contributed by atoms with E-state index in [0.29, 0.717) is 21.5 Å². The van der Waals surface area contributed by atoms with Crippen LogP contribution in [-0.2, 0) is 16.0 Å². The summed E-state index contributed by atoms with van der Waals surface area (Å²) >= 11 is 6.24. The molecule has 2 N–H and O–H groups in total. The summed E-state index contributed by atoms with van der Waals surface area (Å²) in [6.07, 6.45) is -0.797. The molecule has 0 radical (unpaired) electrons. The maximum Gasteiger partial charge on any atom is 0.419 e. The van der Waals surface area contributed by atoms with E-state index in [-0.39, 0.29) is 40.5 Å². The lowest BCUT2D eigenvalue weighted by molar-refractivity contribution is -0.119. The van der Waals surface area contributed by atoms with E-state index < -0.39 is 35.2 Å². The van der Waals surface area contributed by atoms with Crippen molar-refractivity contribution in [3.8, 4) is 17.0 Å². The Labute approximate surface area is 285 Å². The van der Waals surface area contributed by atoms with Crippen LogP contribution in [0.4, 0.5) is 10.5 Å². The average molecular weight is 685 g/mol. The minimum absolute atomic E-state index is 0.0127. The predicted molar refractivity (Wildman–Crippen MR) is 184 cm³/mol. The SMILES string of the molecule is COc1nn(C(Cc2ccccc2)C(=O)Nc2ccc3c(c2)cc(C(=O)O)n3C(=O)OC(C)(C)C)c(=O)cc1-c1cc(Cl)ccc1C(C)=O. The minimum Gasteiger partial charge on any atom is -0.480 e. The number of nitrogens with one attached hydrogen (secondary N) is 1. The van der Waals surface area contributed by atoms with Crippen molar-refractivity contribution in [1.82, 2.24) is 14.3 Å². The van der Waals surface area contributed by atoms with E-state index in [9.17, 15) is 29.1 Å². The number of anilines is 1. The van der Waals surface area contributed by atoms with E-state index in [4.69, 9.17) is 21.1 Å². The predicted octanol–water partition coefficient (Wildman–Crippen LogP) is 6.63. The molecule has 0 aliphatic heterocycles. The highest BCUT2D eigenvalue weighted by Gasteiger charge is 2.28. The molecule has 0 saturated heterocycles. The number of hydrogen-bond acceptors (Lipinski definition) is 8. The Morgan fingerprint density at radius 1 is 0.959 bits per heavy atom. The molecule has 13 heteroatoms. The Hall–Kier alpha value is -5.75. The molecule has 12 nitrogen and oxygen atoms in total. The van der Waals surface area contributed by atoms with Gasteiger partial charge in [-0.05, 0) is 81.3 Å². The molecule has 0 spiro atoms. The first kappa shape index (κ1) is 34.6. The number of hydrogen-bond donors (Lipinski definition) is 2. The van der Waals surface area contributed by atoms with Crippen LogP contribution < -0.4 is 15.6 Å². The molecule has 1 amide bonds. The van der Waals surface area contributed by atoms with Gasteiger partial charge in [0.25, 0.3) is 5.56 Å². The van der Waals surface area contributed by atoms with Gasteiger partial charge in [-0.15, -0.1) is 5.10 Å². The molecule has 2 heterocycles. The van der Waals surface area contributed by atoms with Gasteiger partial charge in [-0.25, -0.2) is 18.8 Å². The summed E-state index contributed by atoms with van der Waals surface area (Å²) in [6, 6.07) is 19.6. The Morgan fingerprint density at radius 3 is 2.31 bits per heavy atom. The fourth-order valence-electron chi connectivity index (χ4n) is 5.37. The Bertz CT molecular complexity index is 2170. The molecule has 1 unspecified atom stereocenters. The van der Waals surface area contributed by atoms with Crippen LogP contribution >= 0.6 is 11.6 Å². The summed E-state index contributed by atoms with van der Waals surface area (Å²) in [6.45, 7) is 6.39. The number of benzene rings is 3. The zero-order valence-electron chi connectivity index (χ0n) is 27.3. The zero-order chi connectivity index (χ0) is 35.6. The van der Waals surface area contributed by atoms with E-state index in [1.54, 1.807) is 57.2 Å². The average Bonchev–Trinajstić information content (AvgIpc) is 3.43. The molecule has 0 saturated carbocycles. The summed E-state index contributed by atoms with van der Waals surface area (Å²) < 4.78 is 13.0. The second-order valence-electron chi connectivity index (χ2n) is 12.2. The van der Waals surface area contributed by atoms with Gasteiger partial charge < -0.3 is 19.9 Å². The summed E-state index contributed by atoms with van der Waals surface area (Å²) in [5, 5.41) is 17.7. The molecule has 0 bridgehead atoms. The molecule has 1 atom stereocenters. The van der Waals surface area contributed by atoms with Gasteiger partial charge in [0, 0.05) is 34.1 Å². The van der Waals surface area contributed by atoms with Crippen molar-refractivity contribution in [2.75, 3.05) is 12.4 Å². The lowest BCUT2D eigenvalue weighted by Gasteiger charge is -2.21. The van der Waals surface area contributed by atoms with E-state index >= 15 is 0 Å². The lowest BCUT2D eigenvalue weighted by Crippen LogP contribution is -2.36. The number of amides is 1. The van der Waals surface area contributed by atoms with Crippen LogP contribution in [0, 0.1) is 0 Å². The van der Waals surface area contributed by atoms with Gasteiger partial charge in [0.05, 0.1) is 18.2 Å². The number of ketones is 1. The number of methoxy groups -OCH3 is 1. The molecule has 0 fully saturated rings. The van der Waals surface area contributed by atoms with Gasteiger partial charge in [0.2, 0.25) is 11.8 Å². The van der Waals surface area contributed by atoms with Crippen LogP contribution in [0.15, 0.2) is 83.7 Å². The molecule has 3 aromatic carbocycles. The number of halogens is 1. The fraction of sp³-hybridized carbons (Fsp3) is 0.222. The maximum absolute atomic E-state index is 14.0. The number of aromatic nitrogens is 3. The van der Waals surface area contributed by atoms with E-state index in [2.05, 4.69) is 10.4 Å². The van der Waals surface area contributed by atoms with Crippen LogP contribution in [0.2, 0.25) is 5.02 Å². The lowest BCUT2D eigenvalue weighted by atomic mass is 9.98. The van der Waals surface area contributed by atoms with Crippen molar-refractivity contribution in [1.29, 1.82) is 0 Å². The first-order chi connectivity index (χ1) is 23.2. The van der Waals surface area contributed by atoms with Gasteiger partial charge in [-0.2, -0.15) is 0 Å². The number of rotatable bonds is 9. The number of carbonyl (C=O) groups excluding carboxylic acids is 3. The second kappa shape index (κ2) is 13.8. The number of nitrogens with zero attached hydrogens (tertiary/aromatic N) is 3. The van der Waals surface area contributed by atoms with E-state index in [1.165, 1.54) is 50.4 Å². The number of carboxylic acids is 1. The molecule has 2 aromatic heterocycles. The summed E-state index contributed by atoms with van der Waals surface area (Å²) in [7, 11) is 1.36. The van der Waals surface area contributed by atoms with Gasteiger partial charge in [0.1, 0.15) is 17.3 Å². The van der Waals surface area contributed by atoms with Crippen molar-refractivity contribution in [2.24, 2.45) is 0 Å². The van der Waals surface area contributed by atoms with Crippen LogP contribution in [0.3, 0.4) is 0 Å². The zero-order valence-corrected chi connectivity index (χ0v) is 28.1. The molecule has 0 aliphatic carbocycles. The maximum atomic E-state index is 14.0. The third-order valence-corrected chi connectivity index (χ3v) is 7.74. The van der Waals surface area contributed by atoms with Crippen molar-refractivity contribution in [3.05, 3.63) is 111 Å². The normalized spacial score (nSPS) is 12.0. The van der Waals surface area contributed by atoms with Crippen LogP contribution in [0.25, 0.3) is 22.0 Å². The molecule has 5 rings (SSSR count). The molecular weight excluding hydrogens is 652 g/mol. The highest BCUT2D eigenvalue weighted by atomic mass is 35.5. The summed E-state index contributed by atoms with van der Waals surface area (Å²) in [5.41, 5.74) is 0.329. The number of carbonyl (C=O) groups is 4. The monoisotopic (exact) mass is 684 g/mol. The molecule has 0 aliphatic rings. The smallest absolute Gasteiger partial charge is 0.419 e. The van der Waals surface area contributed by atoms with Crippen LogP contribution in [0.5, 0.6) is 5.88 Å². The van der Waals surface area contributed by atoms with Gasteiger partial charge >= 0.3 is 12.1 Å². The number of aromatic carboxylic acids is 1. The highest BCUT2D eigenvalue weighted by Crippen LogP contribution is 2.33. The molecule has 5 aromatic rings. The van der Waals surface area contributed by atoms with Crippen molar-refractivity contribution >= 4 is 51.9 Å². The molecule has 49 heavy (non-hydrogen) atoms. The fourth-order valence-corrected chi connectivity index (χ4v) is 5.55. The number of ether oxygens (including phenoxy) is 2. The number of fused-ring (bicyclic) bond motifs is 1. The number of carboxylic acid groups (broad SMARTS) is 1. The number of Topliss-reactive ketones (excluding diaryl/α,β-unsaturated/α-hetero) is 1. The summed E-state index contributed by atoms with van der Waals surface area (Å²) in [5.74, 6) is -2.22. The van der Waals surface area contributed by atoms with E-state index in [1.807, 2.05) is 6.07 Å². The van der Waals surface area contributed by atoms with Crippen molar-refractivity contribution in [2.45, 2.75) is 45.8 Å². The Kier molecular flexibility index (Phi) is 9.72. The second-order valence-corrected chi connectivity index (χ2v) is 12.7.